The molecule has 2 aliphatic rings. The molecule has 42 heavy (non-hydrogen) atoms. The lowest BCUT2D eigenvalue weighted by molar-refractivity contribution is 0.0532. The van der Waals surface area contributed by atoms with Crippen molar-refractivity contribution >= 4 is 57.4 Å². The van der Waals surface area contributed by atoms with Crippen molar-refractivity contribution in [3.05, 3.63) is 38.7 Å². The third-order valence-electron chi connectivity index (χ3n) is 7.87. The number of piperazine rings is 1. The average Bonchev–Trinajstić information content (AvgIpc) is 3.56. The van der Waals surface area contributed by atoms with E-state index in [0.717, 1.165) is 38.5 Å². The van der Waals surface area contributed by atoms with Crippen molar-refractivity contribution in [1.82, 2.24) is 30.2 Å². The maximum absolute atomic E-state index is 12.9. The molecule has 5 rings (SSSR count). The third-order valence-corrected chi connectivity index (χ3v) is 9.92. The molecule has 2 atom stereocenters. The Morgan fingerprint density at radius 1 is 1.10 bits per heavy atom. The Hall–Kier alpha value is -2.93. The first-order chi connectivity index (χ1) is 20.2. The van der Waals surface area contributed by atoms with Crippen LogP contribution in [0, 0.1) is 12.8 Å². The fraction of sp³-hybridized carbons (Fsp3) is 0.536. The van der Waals surface area contributed by atoms with Crippen molar-refractivity contribution in [3.8, 4) is 11.4 Å². The van der Waals surface area contributed by atoms with E-state index in [1.165, 1.54) is 11.3 Å². The van der Waals surface area contributed by atoms with E-state index in [0.29, 0.717) is 51.6 Å². The van der Waals surface area contributed by atoms with E-state index in [1.54, 1.807) is 26.2 Å². The second kappa shape index (κ2) is 13.2. The van der Waals surface area contributed by atoms with Crippen molar-refractivity contribution in [2.24, 2.45) is 5.92 Å². The summed E-state index contributed by atoms with van der Waals surface area (Å²) in [6.45, 7) is 14.2. The van der Waals surface area contributed by atoms with Gasteiger partial charge in [-0.1, -0.05) is 48.4 Å². The predicted octanol–water partition coefficient (Wildman–Crippen LogP) is 4.51. The van der Waals surface area contributed by atoms with Gasteiger partial charge in [0.05, 0.1) is 29.0 Å². The Bertz CT molecular complexity index is 1420. The maximum Gasteiger partial charge on any atom is 0.350 e. The molecule has 2 saturated heterocycles. The van der Waals surface area contributed by atoms with Gasteiger partial charge in [0.1, 0.15) is 27.8 Å². The molecule has 3 aromatic heterocycles. The molecule has 2 aliphatic heterocycles. The van der Waals surface area contributed by atoms with Crippen LogP contribution in [-0.2, 0) is 4.74 Å². The molecule has 0 radical (unpaired) electrons. The number of piperidine rings is 1. The molecule has 14 heteroatoms. The fourth-order valence-corrected chi connectivity index (χ4v) is 6.78. The summed E-state index contributed by atoms with van der Waals surface area (Å²) in [4.78, 5) is 50.2. The van der Waals surface area contributed by atoms with Crippen molar-refractivity contribution in [1.29, 1.82) is 0 Å². The molecule has 2 N–H and O–H groups in total. The van der Waals surface area contributed by atoms with Crippen molar-refractivity contribution in [2.75, 3.05) is 62.2 Å². The highest BCUT2D eigenvalue weighted by Gasteiger charge is 2.32. The number of anilines is 2. The van der Waals surface area contributed by atoms with Gasteiger partial charge in [0, 0.05) is 51.0 Å². The van der Waals surface area contributed by atoms with Crippen molar-refractivity contribution in [2.45, 2.75) is 40.2 Å². The minimum absolute atomic E-state index is 0.0613. The first kappa shape index (κ1) is 30.5. The Kier molecular flexibility index (Phi) is 9.56. The number of carbonyl (C=O) groups is 2. The largest absolute Gasteiger partial charge is 0.462 e. The first-order valence-electron chi connectivity index (χ1n) is 14.3. The van der Waals surface area contributed by atoms with Crippen LogP contribution in [0.1, 0.15) is 53.0 Å². The summed E-state index contributed by atoms with van der Waals surface area (Å²) in [5.41, 5.74) is 1.93. The number of H-pyrrole nitrogens is 1. The molecule has 11 nitrogen and oxygen atoms in total. The Labute approximate surface area is 259 Å². The molecule has 0 unspecified atom stereocenters. The number of thiazole rings is 1. The SMILES string of the molecule is CCOC(=O)c1sc(N2CC[C@@H](NC(=O)c3[nH]c(C)c(Cl)c3Cl)[C@@H](C)C2)nc1-c1cnc(N2CCN(CC)CC2)cn1. The first-order valence-corrected chi connectivity index (χ1v) is 15.8. The second-order valence-electron chi connectivity index (χ2n) is 10.6. The van der Waals surface area contributed by atoms with Gasteiger partial charge >= 0.3 is 5.97 Å². The van der Waals surface area contributed by atoms with Gasteiger partial charge in [0.15, 0.2) is 5.13 Å². The Morgan fingerprint density at radius 2 is 1.86 bits per heavy atom. The van der Waals surface area contributed by atoms with Crippen molar-refractivity contribution < 1.29 is 14.3 Å². The number of ether oxygens (including phenoxy) is 1. The number of rotatable bonds is 8. The standard InChI is InChI=1S/C28H36Cl2N8O3S/c1-5-36-9-11-37(12-10-36)20-14-31-19(13-32-20)23-25(27(40)41-6-2)42-28(35-23)38-8-7-18(16(3)15-38)34-26(39)24-22(30)21(29)17(4)33-24/h13-14,16,18,33H,5-12,15H2,1-4H3,(H,34,39)/t16-,18+/m0/s1. The number of nitrogens with zero attached hydrogens (tertiary/aromatic N) is 6. The summed E-state index contributed by atoms with van der Waals surface area (Å²) >= 11 is 13.7. The number of hydrogen-bond acceptors (Lipinski definition) is 10. The minimum atomic E-state index is -0.426. The number of hydrogen-bond donors (Lipinski definition) is 2. The van der Waals surface area contributed by atoms with E-state index < -0.39 is 5.97 Å². The number of amides is 1. The molecule has 0 bridgehead atoms. The summed E-state index contributed by atoms with van der Waals surface area (Å²) in [6.07, 6.45) is 4.14. The van der Waals surface area contributed by atoms with E-state index in [4.69, 9.17) is 32.9 Å². The molecule has 5 heterocycles. The van der Waals surface area contributed by atoms with Crippen LogP contribution in [0.15, 0.2) is 12.4 Å². The second-order valence-corrected chi connectivity index (χ2v) is 12.4. The van der Waals surface area contributed by atoms with Gasteiger partial charge in [-0.25, -0.2) is 19.7 Å². The third kappa shape index (κ3) is 6.36. The van der Waals surface area contributed by atoms with E-state index in [9.17, 15) is 9.59 Å². The quantitative estimate of drug-likeness (QED) is 0.345. The molecule has 226 valence electrons. The summed E-state index contributed by atoms with van der Waals surface area (Å²) in [5, 5.41) is 4.39. The maximum atomic E-state index is 12.9. The predicted molar refractivity (Wildman–Crippen MR) is 166 cm³/mol. The normalized spacial score (nSPS) is 19.7. The molecule has 1 amide bonds. The van der Waals surface area contributed by atoms with E-state index in [-0.39, 0.29) is 35.2 Å². The lowest BCUT2D eigenvalue weighted by Gasteiger charge is -2.37. The summed E-state index contributed by atoms with van der Waals surface area (Å²) in [5.74, 6) is 0.220. The molecular weight excluding hydrogens is 599 g/mol. The van der Waals surface area contributed by atoms with Gasteiger partial charge < -0.3 is 29.7 Å². The van der Waals surface area contributed by atoms with Gasteiger partial charge in [0.2, 0.25) is 0 Å². The van der Waals surface area contributed by atoms with Crippen LogP contribution >= 0.6 is 34.5 Å². The lowest BCUT2D eigenvalue weighted by Crippen LogP contribution is -2.50. The number of carbonyl (C=O) groups excluding carboxylic acids is 2. The zero-order chi connectivity index (χ0) is 30.0. The number of nitrogens with one attached hydrogen (secondary N) is 2. The van der Waals surface area contributed by atoms with Crippen LogP contribution in [0.3, 0.4) is 0 Å². The number of likely N-dealkylation sites (N-methyl/N-ethyl adjacent to an activating group) is 1. The number of aryl methyl sites for hydroxylation is 1. The van der Waals surface area contributed by atoms with E-state index >= 15 is 0 Å². The number of aromatic nitrogens is 4. The summed E-state index contributed by atoms with van der Waals surface area (Å²) in [6, 6.07) is -0.0613. The monoisotopic (exact) mass is 634 g/mol. The summed E-state index contributed by atoms with van der Waals surface area (Å²) < 4.78 is 5.36. The number of esters is 1. The zero-order valence-electron chi connectivity index (χ0n) is 24.2. The highest BCUT2D eigenvalue weighted by Crippen LogP contribution is 2.35. The molecule has 3 aromatic rings. The zero-order valence-corrected chi connectivity index (χ0v) is 26.6. The van der Waals surface area contributed by atoms with Gasteiger partial charge in [-0.15, -0.1) is 0 Å². The molecule has 0 aliphatic carbocycles. The number of halogens is 2. The molecule has 2 fully saturated rings. The summed E-state index contributed by atoms with van der Waals surface area (Å²) in [7, 11) is 0. The smallest absolute Gasteiger partial charge is 0.350 e. The minimum Gasteiger partial charge on any atom is -0.462 e. The highest BCUT2D eigenvalue weighted by molar-refractivity contribution is 7.17. The van der Waals surface area contributed by atoms with Crippen LogP contribution in [-0.4, -0.2) is 95.2 Å². The van der Waals surface area contributed by atoms with Crippen LogP contribution in [0.5, 0.6) is 0 Å². The fourth-order valence-electron chi connectivity index (χ4n) is 5.36. The van der Waals surface area contributed by atoms with Gasteiger partial charge in [-0.2, -0.15) is 0 Å². The Morgan fingerprint density at radius 3 is 2.45 bits per heavy atom. The molecule has 0 aromatic carbocycles. The molecule has 0 saturated carbocycles. The van der Waals surface area contributed by atoms with Gasteiger partial charge in [0.25, 0.3) is 5.91 Å². The lowest BCUT2D eigenvalue weighted by atomic mass is 9.94. The van der Waals surface area contributed by atoms with Crippen LogP contribution < -0.4 is 15.1 Å². The molecule has 0 spiro atoms. The molecular formula is C28H36Cl2N8O3S. The van der Waals surface area contributed by atoms with Crippen molar-refractivity contribution in [3.63, 3.8) is 0 Å². The Balaban J connectivity index is 1.30. The van der Waals surface area contributed by atoms with Gasteiger partial charge in [-0.3, -0.25) is 4.79 Å². The number of aromatic amines is 1. The topological polar surface area (TPSA) is 120 Å². The average molecular weight is 636 g/mol. The van der Waals surface area contributed by atoms with Gasteiger partial charge in [-0.05, 0) is 32.7 Å². The van der Waals surface area contributed by atoms with Crippen LogP contribution in [0.25, 0.3) is 11.4 Å². The highest BCUT2D eigenvalue weighted by atomic mass is 35.5. The van der Waals surface area contributed by atoms with E-state index in [1.807, 2.05) is 0 Å². The van der Waals surface area contributed by atoms with Crippen LogP contribution in [0.2, 0.25) is 10.0 Å². The van der Waals surface area contributed by atoms with Crippen LogP contribution in [0.4, 0.5) is 10.9 Å². The van der Waals surface area contributed by atoms with E-state index in [2.05, 4.69) is 48.8 Å².